The van der Waals surface area contributed by atoms with Crippen molar-refractivity contribution in [3.63, 3.8) is 0 Å². The summed E-state index contributed by atoms with van der Waals surface area (Å²) < 4.78 is 14.5. The van der Waals surface area contributed by atoms with Gasteiger partial charge in [0.2, 0.25) is 0 Å². The Balaban J connectivity index is 1.52. The van der Waals surface area contributed by atoms with Gasteiger partial charge in [-0.05, 0) is 65.2 Å². The molecule has 4 nitrogen and oxygen atoms in total. The van der Waals surface area contributed by atoms with Gasteiger partial charge in [-0.1, -0.05) is 12.2 Å². The summed E-state index contributed by atoms with van der Waals surface area (Å²) in [6.07, 6.45) is 9.39. The van der Waals surface area contributed by atoms with Crippen LogP contribution in [-0.2, 0) is 15.9 Å². The number of allylic oxidation sites excluding steroid dienone is 2. The van der Waals surface area contributed by atoms with Crippen molar-refractivity contribution in [3.8, 4) is 0 Å². The summed E-state index contributed by atoms with van der Waals surface area (Å²) in [5.41, 5.74) is 1.64. The lowest BCUT2D eigenvalue weighted by molar-refractivity contribution is 0.00578. The van der Waals surface area contributed by atoms with E-state index in [1.807, 2.05) is 6.20 Å². The smallest absolute Gasteiger partial charge is 0.399 e. The first-order valence-electron chi connectivity index (χ1n) is 8.83. The molecule has 0 radical (unpaired) electrons. The highest BCUT2D eigenvalue weighted by atomic mass is 16.7. The van der Waals surface area contributed by atoms with E-state index in [4.69, 9.17) is 9.31 Å². The molecule has 23 heavy (non-hydrogen) atoms. The summed E-state index contributed by atoms with van der Waals surface area (Å²) in [4.78, 5) is 0. The molecule has 1 saturated carbocycles. The molecule has 0 amide bonds. The van der Waals surface area contributed by atoms with E-state index in [-0.39, 0.29) is 18.3 Å². The lowest BCUT2D eigenvalue weighted by atomic mass is 9.79. The minimum absolute atomic E-state index is 0.304. The van der Waals surface area contributed by atoms with Gasteiger partial charge in [0.15, 0.2) is 0 Å². The van der Waals surface area contributed by atoms with E-state index >= 15 is 0 Å². The number of fused-ring (bicyclic) bond motifs is 2. The lowest BCUT2D eigenvalue weighted by Gasteiger charge is -2.32. The molecule has 4 rings (SSSR count). The molecule has 1 saturated heterocycles. The maximum absolute atomic E-state index is 6.18. The number of hydrogen-bond acceptors (Lipinski definition) is 3. The van der Waals surface area contributed by atoms with Crippen molar-refractivity contribution >= 4 is 12.6 Å². The quantitative estimate of drug-likeness (QED) is 0.636. The normalized spacial score (nSPS) is 33.8. The third kappa shape index (κ3) is 2.40. The number of hydrogen-bond donors (Lipinski definition) is 0. The number of rotatable bonds is 3. The number of nitrogens with zero attached hydrogens (tertiary/aromatic N) is 2. The summed E-state index contributed by atoms with van der Waals surface area (Å²) in [5.74, 6) is 2.29. The van der Waals surface area contributed by atoms with Crippen LogP contribution in [0.1, 0.15) is 46.2 Å². The fourth-order valence-electron chi connectivity index (χ4n) is 4.17. The van der Waals surface area contributed by atoms with Crippen molar-refractivity contribution in [3.05, 3.63) is 24.0 Å². The summed E-state index contributed by atoms with van der Waals surface area (Å²) in [6, 6.07) is 0. The van der Waals surface area contributed by atoms with Crippen molar-refractivity contribution in [2.45, 2.75) is 65.2 Å². The predicted octanol–water partition coefficient (Wildman–Crippen LogP) is 2.70. The summed E-state index contributed by atoms with van der Waals surface area (Å²) in [5, 5.41) is 4.64. The Morgan fingerprint density at radius 1 is 1.17 bits per heavy atom. The highest BCUT2D eigenvalue weighted by molar-refractivity contribution is 6.62. The maximum atomic E-state index is 6.18. The molecule has 2 aliphatic carbocycles. The highest BCUT2D eigenvalue weighted by Gasteiger charge is 2.52. The minimum Gasteiger partial charge on any atom is -0.399 e. The first kappa shape index (κ1) is 15.5. The minimum atomic E-state index is -0.311. The fourth-order valence-corrected chi connectivity index (χ4v) is 4.17. The van der Waals surface area contributed by atoms with Crippen molar-refractivity contribution in [2.24, 2.45) is 17.8 Å². The Bertz CT molecular complexity index is 633. The van der Waals surface area contributed by atoms with E-state index in [1.54, 1.807) is 0 Å². The van der Waals surface area contributed by atoms with Crippen LogP contribution >= 0.6 is 0 Å². The van der Waals surface area contributed by atoms with Crippen LogP contribution in [0.3, 0.4) is 0 Å². The zero-order valence-electron chi connectivity index (χ0n) is 14.9. The van der Waals surface area contributed by atoms with Gasteiger partial charge in [-0.3, -0.25) is 4.68 Å². The molecule has 5 heteroatoms. The first-order valence-corrected chi connectivity index (χ1v) is 8.83. The van der Waals surface area contributed by atoms with Gasteiger partial charge in [-0.15, -0.1) is 0 Å². The molecule has 124 valence electrons. The average Bonchev–Trinajstić information content (AvgIpc) is 3.17. The van der Waals surface area contributed by atoms with Gasteiger partial charge in [0.05, 0.1) is 11.2 Å². The van der Waals surface area contributed by atoms with E-state index in [0.29, 0.717) is 0 Å². The Morgan fingerprint density at radius 2 is 1.87 bits per heavy atom. The Kier molecular flexibility index (Phi) is 3.34. The fraction of sp³-hybridized carbons (Fsp3) is 0.722. The summed E-state index contributed by atoms with van der Waals surface area (Å²) in [7, 11) is -0.311. The summed E-state index contributed by atoms with van der Waals surface area (Å²) >= 11 is 0. The van der Waals surface area contributed by atoms with Gasteiger partial charge in [-0.25, -0.2) is 0 Å². The van der Waals surface area contributed by atoms with Crippen LogP contribution < -0.4 is 5.46 Å². The van der Waals surface area contributed by atoms with Crippen LogP contribution in [-0.4, -0.2) is 28.1 Å². The van der Waals surface area contributed by atoms with Crippen LogP contribution in [0.2, 0.25) is 0 Å². The molecule has 2 fully saturated rings. The highest BCUT2D eigenvalue weighted by Crippen LogP contribution is 2.44. The molecule has 0 N–H and O–H groups in total. The molecule has 1 aromatic heterocycles. The molecule has 3 atom stereocenters. The SMILES string of the molecule is Cc1c(B2OC(C)(C)C(C)(C)O2)cnn1C[C@@H]1C[C@@H]2C=CC1C2. The Morgan fingerprint density at radius 3 is 2.43 bits per heavy atom. The Labute approximate surface area is 139 Å². The van der Waals surface area contributed by atoms with Gasteiger partial charge in [0.1, 0.15) is 0 Å². The van der Waals surface area contributed by atoms with Gasteiger partial charge >= 0.3 is 7.12 Å². The second kappa shape index (κ2) is 4.96. The second-order valence-electron chi connectivity index (χ2n) is 8.50. The molecule has 1 aromatic rings. The molecule has 3 aliphatic rings. The Hall–Kier alpha value is -1.07. The topological polar surface area (TPSA) is 36.3 Å². The molecule has 0 spiro atoms. The van der Waals surface area contributed by atoms with E-state index in [1.165, 1.54) is 18.5 Å². The van der Waals surface area contributed by atoms with Crippen LogP contribution in [0.15, 0.2) is 18.3 Å². The largest absolute Gasteiger partial charge is 0.498 e. The zero-order valence-corrected chi connectivity index (χ0v) is 14.9. The van der Waals surface area contributed by atoms with Gasteiger partial charge < -0.3 is 9.31 Å². The first-order chi connectivity index (χ1) is 10.8. The molecule has 2 bridgehead atoms. The van der Waals surface area contributed by atoms with Crippen molar-refractivity contribution < 1.29 is 9.31 Å². The van der Waals surface area contributed by atoms with E-state index in [0.717, 1.165) is 29.8 Å². The third-order valence-electron chi connectivity index (χ3n) is 6.47. The van der Waals surface area contributed by atoms with Gasteiger partial charge in [0, 0.05) is 23.9 Å². The van der Waals surface area contributed by atoms with Crippen LogP contribution in [0, 0.1) is 24.7 Å². The second-order valence-corrected chi connectivity index (χ2v) is 8.50. The average molecular weight is 314 g/mol. The van der Waals surface area contributed by atoms with Gasteiger partial charge in [0.25, 0.3) is 0 Å². The molecule has 2 heterocycles. The van der Waals surface area contributed by atoms with Crippen molar-refractivity contribution in [1.82, 2.24) is 9.78 Å². The molecular weight excluding hydrogens is 287 g/mol. The van der Waals surface area contributed by atoms with Crippen molar-refractivity contribution in [2.75, 3.05) is 0 Å². The monoisotopic (exact) mass is 314 g/mol. The predicted molar refractivity (Wildman–Crippen MR) is 91.5 cm³/mol. The van der Waals surface area contributed by atoms with E-state index < -0.39 is 0 Å². The van der Waals surface area contributed by atoms with E-state index in [9.17, 15) is 0 Å². The van der Waals surface area contributed by atoms with Crippen LogP contribution in [0.4, 0.5) is 0 Å². The summed E-state index contributed by atoms with van der Waals surface area (Å²) in [6.45, 7) is 11.5. The standard InChI is InChI=1S/C18H27BN2O2/c1-12-16(19-22-17(2,3)18(4,5)23-19)10-20-21(12)11-15-9-13-6-7-14(15)8-13/h6-7,10,13-15H,8-9,11H2,1-5H3/t13-,14?,15+/m1/s1. The number of aromatic nitrogens is 2. The third-order valence-corrected chi connectivity index (χ3v) is 6.47. The van der Waals surface area contributed by atoms with Crippen LogP contribution in [0.5, 0.6) is 0 Å². The molecule has 0 aromatic carbocycles. The zero-order chi connectivity index (χ0) is 16.4. The van der Waals surface area contributed by atoms with Crippen LogP contribution in [0.25, 0.3) is 0 Å². The molecule has 1 unspecified atom stereocenters. The molecule has 1 aliphatic heterocycles. The van der Waals surface area contributed by atoms with Crippen molar-refractivity contribution in [1.29, 1.82) is 0 Å². The van der Waals surface area contributed by atoms with E-state index in [2.05, 4.69) is 56.6 Å². The van der Waals surface area contributed by atoms with Gasteiger partial charge in [-0.2, -0.15) is 5.10 Å². The lowest BCUT2D eigenvalue weighted by Crippen LogP contribution is -2.41. The maximum Gasteiger partial charge on any atom is 0.498 e. The molecular formula is C18H27BN2O2.